The van der Waals surface area contributed by atoms with E-state index in [0.29, 0.717) is 54.1 Å². The molecule has 148 valence electrons. The fourth-order valence-corrected chi connectivity index (χ4v) is 3.23. The molecule has 9 heteroatoms. The highest BCUT2D eigenvalue weighted by Gasteiger charge is 2.22. The van der Waals surface area contributed by atoms with Crippen molar-refractivity contribution in [2.45, 2.75) is 37.6 Å². The lowest BCUT2D eigenvalue weighted by molar-refractivity contribution is -0.138. The number of fused-ring (bicyclic) bond motifs is 4. The standard InChI is InChI=1S/C19H22N4O5/c1-28-19(27)21-12-6-7-13-15(8-12)22-14(18(25)26)5-3-2-4-11(10-24)17-20-9-16(13)23-17/h6-11,14,22H,2-5H2,1H3,(H,20,23)(H,21,27)(H,25,26). The first-order valence-corrected chi connectivity index (χ1v) is 9.00. The number of hydrogen-bond acceptors (Lipinski definition) is 6. The normalized spacial score (nSPS) is 19.2. The molecular weight excluding hydrogens is 364 g/mol. The van der Waals surface area contributed by atoms with Crippen molar-refractivity contribution in [1.29, 1.82) is 0 Å². The summed E-state index contributed by atoms with van der Waals surface area (Å²) in [7, 11) is 1.26. The van der Waals surface area contributed by atoms with Crippen LogP contribution in [0, 0.1) is 0 Å². The maximum absolute atomic E-state index is 11.7. The van der Waals surface area contributed by atoms with Crippen molar-refractivity contribution >= 4 is 29.7 Å². The first-order valence-electron chi connectivity index (χ1n) is 9.00. The number of ether oxygens (including phenoxy) is 1. The Balaban J connectivity index is 2.05. The Hall–Kier alpha value is -3.36. The van der Waals surface area contributed by atoms with Crippen LogP contribution in [0.4, 0.5) is 16.2 Å². The molecule has 0 spiro atoms. The van der Waals surface area contributed by atoms with Crippen LogP contribution in [-0.2, 0) is 14.3 Å². The Labute approximate surface area is 161 Å². The van der Waals surface area contributed by atoms with Crippen molar-refractivity contribution < 1.29 is 24.2 Å². The van der Waals surface area contributed by atoms with Crippen LogP contribution in [0.2, 0.25) is 0 Å². The molecule has 28 heavy (non-hydrogen) atoms. The number of carboxylic acid groups (broad SMARTS) is 1. The number of aromatic nitrogens is 2. The molecule has 3 rings (SSSR count). The van der Waals surface area contributed by atoms with E-state index < -0.39 is 18.1 Å². The van der Waals surface area contributed by atoms with E-state index in [-0.39, 0.29) is 5.92 Å². The first-order chi connectivity index (χ1) is 13.5. The van der Waals surface area contributed by atoms with Gasteiger partial charge in [-0.15, -0.1) is 0 Å². The third kappa shape index (κ3) is 4.30. The van der Waals surface area contributed by atoms with Gasteiger partial charge in [-0.05, 0) is 31.0 Å². The molecule has 2 unspecified atom stereocenters. The molecule has 1 aliphatic heterocycles. The second-order valence-electron chi connectivity index (χ2n) is 6.62. The molecule has 0 fully saturated rings. The topological polar surface area (TPSA) is 133 Å². The van der Waals surface area contributed by atoms with Crippen LogP contribution >= 0.6 is 0 Å². The Bertz CT molecular complexity index is 879. The van der Waals surface area contributed by atoms with Crippen LogP contribution < -0.4 is 10.6 Å². The quantitative estimate of drug-likeness (QED) is 0.596. The molecule has 0 aliphatic carbocycles. The molecule has 2 heterocycles. The second-order valence-corrected chi connectivity index (χ2v) is 6.62. The molecule has 0 saturated carbocycles. The van der Waals surface area contributed by atoms with Crippen LogP contribution in [0.25, 0.3) is 11.3 Å². The fraction of sp³-hybridized carbons (Fsp3) is 0.368. The van der Waals surface area contributed by atoms with Gasteiger partial charge in [0.1, 0.15) is 18.2 Å². The van der Waals surface area contributed by atoms with E-state index in [1.807, 2.05) is 0 Å². The number of anilines is 2. The number of carbonyl (C=O) groups is 3. The summed E-state index contributed by atoms with van der Waals surface area (Å²) in [5.74, 6) is -0.734. The Morgan fingerprint density at radius 2 is 2.11 bits per heavy atom. The molecule has 1 amide bonds. The lowest BCUT2D eigenvalue weighted by atomic mass is 9.99. The molecule has 2 aromatic rings. The van der Waals surface area contributed by atoms with Gasteiger partial charge < -0.3 is 24.9 Å². The molecule has 1 aromatic carbocycles. The zero-order valence-corrected chi connectivity index (χ0v) is 15.4. The lowest BCUT2D eigenvalue weighted by Crippen LogP contribution is -2.29. The maximum atomic E-state index is 11.7. The van der Waals surface area contributed by atoms with E-state index in [1.54, 1.807) is 24.4 Å². The van der Waals surface area contributed by atoms with Gasteiger partial charge in [-0.3, -0.25) is 5.32 Å². The summed E-state index contributed by atoms with van der Waals surface area (Å²) in [6.07, 6.45) is 4.24. The van der Waals surface area contributed by atoms with E-state index in [4.69, 9.17) is 0 Å². The first kappa shape index (κ1) is 19.4. The highest BCUT2D eigenvalue weighted by Crippen LogP contribution is 2.32. The summed E-state index contributed by atoms with van der Waals surface area (Å²) < 4.78 is 4.60. The molecule has 0 saturated heterocycles. The number of H-pyrrole nitrogens is 1. The van der Waals surface area contributed by atoms with E-state index in [0.717, 1.165) is 6.29 Å². The van der Waals surface area contributed by atoms with Gasteiger partial charge in [0.05, 0.1) is 24.9 Å². The molecule has 4 N–H and O–H groups in total. The average molecular weight is 386 g/mol. The van der Waals surface area contributed by atoms with Crippen LogP contribution in [-0.4, -0.2) is 46.6 Å². The Kier molecular flexibility index (Phi) is 5.93. The fourth-order valence-electron chi connectivity index (χ4n) is 3.23. The van der Waals surface area contributed by atoms with Crippen LogP contribution in [0.5, 0.6) is 0 Å². The van der Waals surface area contributed by atoms with Crippen LogP contribution in [0.15, 0.2) is 24.4 Å². The van der Waals surface area contributed by atoms with Crippen LogP contribution in [0.3, 0.4) is 0 Å². The summed E-state index contributed by atoms with van der Waals surface area (Å²) in [6, 6.07) is 4.26. The molecule has 2 bridgehead atoms. The predicted molar refractivity (Wildman–Crippen MR) is 102 cm³/mol. The van der Waals surface area contributed by atoms with Gasteiger partial charge in [0.2, 0.25) is 0 Å². The number of nitrogens with zero attached hydrogens (tertiary/aromatic N) is 1. The van der Waals surface area contributed by atoms with E-state index in [9.17, 15) is 19.5 Å². The van der Waals surface area contributed by atoms with Crippen molar-refractivity contribution in [1.82, 2.24) is 9.97 Å². The largest absolute Gasteiger partial charge is 0.480 e. The summed E-state index contributed by atoms with van der Waals surface area (Å²) in [5, 5.41) is 15.2. The molecule has 1 aliphatic rings. The van der Waals surface area contributed by atoms with Crippen molar-refractivity contribution in [2.75, 3.05) is 17.7 Å². The molecule has 9 nitrogen and oxygen atoms in total. The number of aliphatic carboxylic acids is 1. The number of aromatic amines is 1. The zero-order valence-electron chi connectivity index (χ0n) is 15.4. The number of methoxy groups -OCH3 is 1. The SMILES string of the molecule is COC(=O)Nc1ccc2c(c1)NC(C(=O)O)CCCCC(C=O)c1ncc-2[nH]1. The Morgan fingerprint density at radius 3 is 2.82 bits per heavy atom. The number of imidazole rings is 1. The summed E-state index contributed by atoms with van der Waals surface area (Å²) >= 11 is 0. The van der Waals surface area contributed by atoms with E-state index in [1.165, 1.54) is 7.11 Å². The van der Waals surface area contributed by atoms with Gasteiger partial charge >= 0.3 is 12.1 Å². The van der Waals surface area contributed by atoms with Gasteiger partial charge in [-0.2, -0.15) is 0 Å². The number of nitrogens with one attached hydrogen (secondary N) is 3. The van der Waals surface area contributed by atoms with Crippen molar-refractivity contribution in [2.24, 2.45) is 0 Å². The Morgan fingerprint density at radius 1 is 1.32 bits per heavy atom. The number of carbonyl (C=O) groups excluding carboxylic acids is 2. The monoisotopic (exact) mass is 386 g/mol. The van der Waals surface area contributed by atoms with Gasteiger partial charge in [0.15, 0.2) is 0 Å². The van der Waals surface area contributed by atoms with Crippen LogP contribution in [0.1, 0.15) is 37.4 Å². The van der Waals surface area contributed by atoms with Gasteiger partial charge in [0, 0.05) is 16.9 Å². The molecule has 0 radical (unpaired) electrons. The summed E-state index contributed by atoms with van der Waals surface area (Å²) in [6.45, 7) is 0. The van der Waals surface area contributed by atoms with Crippen molar-refractivity contribution in [3.8, 4) is 11.3 Å². The third-order valence-electron chi connectivity index (χ3n) is 4.74. The van der Waals surface area contributed by atoms with Crippen molar-refractivity contribution in [3.63, 3.8) is 0 Å². The second kappa shape index (κ2) is 8.55. The minimum atomic E-state index is -0.966. The smallest absolute Gasteiger partial charge is 0.411 e. The van der Waals surface area contributed by atoms with Gasteiger partial charge in [-0.1, -0.05) is 12.8 Å². The summed E-state index contributed by atoms with van der Waals surface area (Å²) in [5.41, 5.74) is 2.32. The minimum Gasteiger partial charge on any atom is -0.480 e. The number of amides is 1. The zero-order chi connectivity index (χ0) is 20.1. The highest BCUT2D eigenvalue weighted by atomic mass is 16.5. The highest BCUT2D eigenvalue weighted by molar-refractivity contribution is 5.89. The predicted octanol–water partition coefficient (Wildman–Crippen LogP) is 2.98. The minimum absolute atomic E-state index is 0.354. The third-order valence-corrected chi connectivity index (χ3v) is 4.74. The number of rotatable bonds is 3. The van der Waals surface area contributed by atoms with E-state index >= 15 is 0 Å². The van der Waals surface area contributed by atoms with Crippen molar-refractivity contribution in [3.05, 3.63) is 30.2 Å². The number of hydrogen-bond donors (Lipinski definition) is 4. The van der Waals surface area contributed by atoms with E-state index in [2.05, 4.69) is 25.3 Å². The molecule has 2 atom stereocenters. The molecule has 1 aromatic heterocycles. The van der Waals surface area contributed by atoms with Gasteiger partial charge in [0.25, 0.3) is 0 Å². The molecular formula is C19H22N4O5. The number of carboxylic acids is 1. The maximum Gasteiger partial charge on any atom is 0.411 e. The number of benzene rings is 1. The van der Waals surface area contributed by atoms with Gasteiger partial charge in [-0.25, -0.2) is 14.6 Å². The average Bonchev–Trinajstić information content (AvgIpc) is 3.16. The number of aldehydes is 1. The lowest BCUT2D eigenvalue weighted by Gasteiger charge is -2.20. The summed E-state index contributed by atoms with van der Waals surface area (Å²) in [4.78, 5) is 42.2.